The lowest BCUT2D eigenvalue weighted by atomic mass is 10.1. The molecule has 2 heterocycles. The average molecular weight is 336 g/mol. The number of morpholine rings is 1. The van der Waals surface area contributed by atoms with Gasteiger partial charge in [-0.1, -0.05) is 30.3 Å². The van der Waals surface area contributed by atoms with Crippen LogP contribution in [0, 0.1) is 11.3 Å². The minimum absolute atomic E-state index is 0.0358. The van der Waals surface area contributed by atoms with Gasteiger partial charge in [-0.3, -0.25) is 5.32 Å². The zero-order valence-electron chi connectivity index (χ0n) is 13.9. The highest BCUT2D eigenvalue weighted by Crippen LogP contribution is 2.14. The van der Waals surface area contributed by atoms with Crippen LogP contribution >= 0.6 is 0 Å². The molecule has 2 amide bonds. The third-order valence-electron chi connectivity index (χ3n) is 4.15. The van der Waals surface area contributed by atoms with Crippen molar-refractivity contribution in [2.24, 2.45) is 0 Å². The van der Waals surface area contributed by atoms with Gasteiger partial charge in [0.05, 0.1) is 18.3 Å². The highest BCUT2D eigenvalue weighted by atomic mass is 16.5. The van der Waals surface area contributed by atoms with Gasteiger partial charge in [0.1, 0.15) is 11.9 Å². The van der Waals surface area contributed by atoms with E-state index in [0.29, 0.717) is 31.1 Å². The van der Waals surface area contributed by atoms with E-state index in [-0.39, 0.29) is 12.1 Å². The number of carbonyl (C=O) groups is 1. The Bertz CT molecular complexity index is 740. The van der Waals surface area contributed by atoms with Crippen molar-refractivity contribution >= 4 is 11.8 Å². The molecule has 1 saturated heterocycles. The van der Waals surface area contributed by atoms with Gasteiger partial charge in [0.25, 0.3) is 0 Å². The number of aromatic nitrogens is 1. The Labute approximate surface area is 147 Å². The van der Waals surface area contributed by atoms with Gasteiger partial charge in [0, 0.05) is 19.3 Å². The number of nitriles is 1. The van der Waals surface area contributed by atoms with E-state index in [2.05, 4.69) is 22.4 Å². The first kappa shape index (κ1) is 16.9. The Morgan fingerprint density at radius 2 is 2.16 bits per heavy atom. The van der Waals surface area contributed by atoms with Gasteiger partial charge in [-0.05, 0) is 30.5 Å². The summed E-state index contributed by atoms with van der Waals surface area (Å²) in [5.41, 5.74) is 1.74. The molecule has 1 unspecified atom stereocenters. The molecule has 0 aliphatic carbocycles. The summed E-state index contributed by atoms with van der Waals surface area (Å²) in [5, 5.41) is 11.5. The quantitative estimate of drug-likeness (QED) is 0.931. The van der Waals surface area contributed by atoms with E-state index in [0.717, 1.165) is 12.8 Å². The van der Waals surface area contributed by atoms with Crippen molar-refractivity contribution in [1.82, 2.24) is 9.88 Å². The van der Waals surface area contributed by atoms with E-state index >= 15 is 0 Å². The molecule has 1 aromatic heterocycles. The van der Waals surface area contributed by atoms with Gasteiger partial charge in [-0.15, -0.1) is 0 Å². The molecule has 1 aliphatic heterocycles. The fourth-order valence-corrected chi connectivity index (χ4v) is 2.77. The van der Waals surface area contributed by atoms with Crippen LogP contribution in [0.5, 0.6) is 0 Å². The van der Waals surface area contributed by atoms with Crippen LogP contribution in [0.2, 0.25) is 0 Å². The number of ether oxygens (including phenoxy) is 1. The first-order chi connectivity index (χ1) is 12.2. The molecule has 0 bridgehead atoms. The molecule has 25 heavy (non-hydrogen) atoms. The summed E-state index contributed by atoms with van der Waals surface area (Å²) in [4.78, 5) is 18.2. The predicted octanol–water partition coefficient (Wildman–Crippen LogP) is 2.82. The molecule has 128 valence electrons. The molecule has 0 spiro atoms. The largest absolute Gasteiger partial charge is 0.375 e. The van der Waals surface area contributed by atoms with Gasteiger partial charge in [-0.25, -0.2) is 9.78 Å². The van der Waals surface area contributed by atoms with Crippen molar-refractivity contribution in [3.63, 3.8) is 0 Å². The minimum Gasteiger partial charge on any atom is -0.375 e. The van der Waals surface area contributed by atoms with E-state index in [1.165, 1.54) is 11.8 Å². The Hall–Kier alpha value is -2.91. The number of hydrogen-bond donors (Lipinski definition) is 1. The van der Waals surface area contributed by atoms with Gasteiger partial charge in [-0.2, -0.15) is 5.26 Å². The highest BCUT2D eigenvalue weighted by molar-refractivity contribution is 5.88. The maximum Gasteiger partial charge on any atom is 0.323 e. The maximum absolute atomic E-state index is 12.4. The standard InChI is InChI=1S/C19H20N4O2/c20-12-16-7-9-18(21-13-16)22-19(24)23-10-11-25-17(14-23)8-6-15-4-2-1-3-5-15/h1-5,7,9,13,17H,6,8,10-11,14H2,(H,21,22,24). The number of pyridine rings is 1. The van der Waals surface area contributed by atoms with Gasteiger partial charge < -0.3 is 9.64 Å². The minimum atomic E-state index is -0.190. The lowest BCUT2D eigenvalue weighted by Gasteiger charge is -2.33. The number of urea groups is 1. The molecule has 1 N–H and O–H groups in total. The molecule has 1 aliphatic rings. The summed E-state index contributed by atoms with van der Waals surface area (Å²) < 4.78 is 5.79. The number of nitrogens with zero attached hydrogens (tertiary/aromatic N) is 3. The lowest BCUT2D eigenvalue weighted by molar-refractivity contribution is -0.0157. The Morgan fingerprint density at radius 3 is 2.88 bits per heavy atom. The van der Waals surface area contributed by atoms with Crippen molar-refractivity contribution in [1.29, 1.82) is 5.26 Å². The molecule has 6 heteroatoms. The smallest absolute Gasteiger partial charge is 0.323 e. The number of aryl methyl sites for hydroxylation is 1. The summed E-state index contributed by atoms with van der Waals surface area (Å²) in [7, 11) is 0. The zero-order chi connectivity index (χ0) is 17.5. The second kappa shape index (κ2) is 8.27. The third-order valence-corrected chi connectivity index (χ3v) is 4.15. The molecular formula is C19H20N4O2. The summed E-state index contributed by atoms with van der Waals surface area (Å²) in [6, 6.07) is 15.3. The summed E-state index contributed by atoms with van der Waals surface area (Å²) in [5.74, 6) is 0.441. The first-order valence-electron chi connectivity index (χ1n) is 8.32. The molecule has 1 fully saturated rings. The number of carbonyl (C=O) groups excluding carboxylic acids is 1. The van der Waals surface area contributed by atoms with E-state index in [4.69, 9.17) is 10.00 Å². The van der Waals surface area contributed by atoms with Crippen LogP contribution in [0.3, 0.4) is 0 Å². The number of benzene rings is 1. The van der Waals surface area contributed by atoms with Crippen molar-refractivity contribution in [2.75, 3.05) is 25.0 Å². The maximum atomic E-state index is 12.4. The second-order valence-corrected chi connectivity index (χ2v) is 5.94. The van der Waals surface area contributed by atoms with Crippen molar-refractivity contribution in [2.45, 2.75) is 18.9 Å². The molecule has 2 aromatic rings. The normalized spacial score (nSPS) is 16.9. The van der Waals surface area contributed by atoms with Crippen molar-refractivity contribution in [3.8, 4) is 6.07 Å². The molecule has 0 saturated carbocycles. The Morgan fingerprint density at radius 1 is 1.32 bits per heavy atom. The number of anilines is 1. The van der Waals surface area contributed by atoms with E-state index in [9.17, 15) is 4.79 Å². The van der Waals surface area contributed by atoms with Crippen LogP contribution in [-0.4, -0.2) is 41.7 Å². The number of amides is 2. The van der Waals surface area contributed by atoms with E-state index < -0.39 is 0 Å². The van der Waals surface area contributed by atoms with Crippen LogP contribution in [-0.2, 0) is 11.2 Å². The molecule has 1 atom stereocenters. The summed E-state index contributed by atoms with van der Waals surface area (Å²) in [6.45, 7) is 1.66. The number of rotatable bonds is 4. The van der Waals surface area contributed by atoms with E-state index in [1.54, 1.807) is 17.0 Å². The van der Waals surface area contributed by atoms with Crippen LogP contribution in [0.1, 0.15) is 17.5 Å². The first-order valence-corrected chi connectivity index (χ1v) is 8.32. The highest BCUT2D eigenvalue weighted by Gasteiger charge is 2.24. The topological polar surface area (TPSA) is 78.2 Å². The molecule has 0 radical (unpaired) electrons. The van der Waals surface area contributed by atoms with Crippen LogP contribution in [0.25, 0.3) is 0 Å². The number of nitrogens with one attached hydrogen (secondary N) is 1. The van der Waals surface area contributed by atoms with Gasteiger partial charge >= 0.3 is 6.03 Å². The van der Waals surface area contributed by atoms with Crippen LogP contribution in [0.4, 0.5) is 10.6 Å². The summed E-state index contributed by atoms with van der Waals surface area (Å²) in [6.07, 6.45) is 3.28. The molecule has 3 rings (SSSR count). The second-order valence-electron chi connectivity index (χ2n) is 5.94. The Balaban J connectivity index is 1.51. The third kappa shape index (κ3) is 4.78. The SMILES string of the molecule is N#Cc1ccc(NC(=O)N2CCOC(CCc3ccccc3)C2)nc1. The van der Waals surface area contributed by atoms with Crippen LogP contribution < -0.4 is 5.32 Å². The van der Waals surface area contributed by atoms with Crippen molar-refractivity contribution in [3.05, 3.63) is 59.8 Å². The monoisotopic (exact) mass is 336 g/mol. The lowest BCUT2D eigenvalue weighted by Crippen LogP contribution is -2.47. The van der Waals surface area contributed by atoms with Crippen molar-refractivity contribution < 1.29 is 9.53 Å². The van der Waals surface area contributed by atoms with Crippen LogP contribution in [0.15, 0.2) is 48.7 Å². The molecular weight excluding hydrogens is 316 g/mol. The zero-order valence-corrected chi connectivity index (χ0v) is 13.9. The fourth-order valence-electron chi connectivity index (χ4n) is 2.77. The summed E-state index contributed by atoms with van der Waals surface area (Å²) >= 11 is 0. The number of hydrogen-bond acceptors (Lipinski definition) is 4. The predicted molar refractivity (Wildman–Crippen MR) is 94.0 cm³/mol. The average Bonchev–Trinajstić information content (AvgIpc) is 2.68. The Kier molecular flexibility index (Phi) is 5.60. The van der Waals surface area contributed by atoms with E-state index in [1.807, 2.05) is 24.3 Å². The fraction of sp³-hybridized carbons (Fsp3) is 0.316. The van der Waals surface area contributed by atoms with Gasteiger partial charge in [0.2, 0.25) is 0 Å². The molecule has 6 nitrogen and oxygen atoms in total. The molecule has 1 aromatic carbocycles. The van der Waals surface area contributed by atoms with Gasteiger partial charge in [0.15, 0.2) is 0 Å².